The van der Waals surface area contributed by atoms with E-state index in [-0.39, 0.29) is 0 Å². The van der Waals surface area contributed by atoms with Gasteiger partial charge in [0, 0.05) is 11.7 Å². The van der Waals surface area contributed by atoms with Gasteiger partial charge in [0.15, 0.2) is 0 Å². The van der Waals surface area contributed by atoms with Gasteiger partial charge in [0.05, 0.1) is 0 Å². The molecule has 22 heavy (non-hydrogen) atoms. The molecule has 0 spiro atoms. The van der Waals surface area contributed by atoms with Crippen LogP contribution in [0.2, 0.25) is 0 Å². The number of benzene rings is 2. The van der Waals surface area contributed by atoms with Gasteiger partial charge in [-0.05, 0) is 6.08 Å². The Morgan fingerprint density at radius 2 is 1.59 bits per heavy atom. The highest BCUT2D eigenvalue weighted by Crippen LogP contribution is 2.23. The van der Waals surface area contributed by atoms with Crippen molar-refractivity contribution in [2.45, 2.75) is 0 Å². The lowest BCUT2D eigenvalue weighted by Gasteiger charge is -2.16. The topological polar surface area (TPSA) is 0 Å². The first kappa shape index (κ1) is 14.5. The molecule has 0 radical (unpaired) electrons. The largest absolute Gasteiger partial charge is 0.222 e. The summed E-state index contributed by atoms with van der Waals surface area (Å²) in [5, 5.41) is 0. The Morgan fingerprint density at radius 3 is 2.14 bits per heavy atom. The Bertz CT molecular complexity index is 730. The SMILES string of the molecule is C1=CC=CC=1CP=[C-]C=C(c1ccccc1)c1ccccc1. The number of allylic oxidation sites excluding steroid dienone is 4. The fraction of sp³-hybridized carbons (Fsp3) is 0.0476. The molecule has 3 rings (SSSR count). The van der Waals surface area contributed by atoms with Crippen LogP contribution in [0, 0.1) is 0 Å². The minimum atomic E-state index is 0.959. The molecule has 2 aromatic carbocycles. The Hall–Kier alpha value is -2.39. The summed E-state index contributed by atoms with van der Waals surface area (Å²) >= 11 is 0. The molecule has 0 bridgehead atoms. The number of rotatable bonds is 5. The molecule has 0 atom stereocenters. The van der Waals surface area contributed by atoms with Crippen molar-refractivity contribution in [3.05, 3.63) is 107 Å². The van der Waals surface area contributed by atoms with Gasteiger partial charge in [-0.15, -0.1) is 5.73 Å². The van der Waals surface area contributed by atoms with Gasteiger partial charge in [-0.25, -0.2) is 20.1 Å². The van der Waals surface area contributed by atoms with Crippen molar-refractivity contribution >= 4 is 19.6 Å². The van der Waals surface area contributed by atoms with E-state index in [0.717, 1.165) is 14.4 Å². The van der Waals surface area contributed by atoms with E-state index in [2.05, 4.69) is 72.2 Å². The fourth-order valence-corrected chi connectivity index (χ4v) is 2.95. The second-order valence-corrected chi connectivity index (χ2v) is 5.82. The molecule has 0 aliphatic heterocycles. The van der Waals surface area contributed by atoms with E-state index in [1.54, 1.807) is 0 Å². The monoisotopic (exact) mass is 299 g/mol. The van der Waals surface area contributed by atoms with Crippen LogP contribution in [0.15, 0.2) is 96.3 Å². The average molecular weight is 299 g/mol. The lowest BCUT2D eigenvalue weighted by atomic mass is 9.98. The summed E-state index contributed by atoms with van der Waals surface area (Å²) in [6, 6.07) is 20.9. The summed E-state index contributed by atoms with van der Waals surface area (Å²) in [5.74, 6) is 3.41. The normalized spacial score (nSPS) is 12.6. The van der Waals surface area contributed by atoms with E-state index >= 15 is 0 Å². The highest BCUT2D eigenvalue weighted by molar-refractivity contribution is 7.39. The van der Waals surface area contributed by atoms with Crippen molar-refractivity contribution in [2.24, 2.45) is 0 Å². The molecule has 0 saturated carbocycles. The van der Waals surface area contributed by atoms with Gasteiger partial charge in [0.2, 0.25) is 0 Å². The van der Waals surface area contributed by atoms with Crippen molar-refractivity contribution in [3.8, 4) is 0 Å². The summed E-state index contributed by atoms with van der Waals surface area (Å²) in [4.78, 5) is 0. The van der Waals surface area contributed by atoms with E-state index in [9.17, 15) is 0 Å². The fourth-order valence-electron chi connectivity index (χ4n) is 2.28. The summed E-state index contributed by atoms with van der Waals surface area (Å²) in [7, 11) is 1.16. The van der Waals surface area contributed by atoms with Crippen LogP contribution in [0.1, 0.15) is 11.1 Å². The molecule has 0 unspecified atom stereocenters. The molecular weight excluding hydrogens is 283 g/mol. The molecule has 0 saturated heterocycles. The molecule has 106 valence electrons. The predicted molar refractivity (Wildman–Crippen MR) is 97.5 cm³/mol. The molecule has 1 heteroatoms. The predicted octanol–water partition coefficient (Wildman–Crippen LogP) is 5.40. The minimum absolute atomic E-state index is 0.959. The molecular formula is C21H16P-. The van der Waals surface area contributed by atoms with Crippen LogP contribution < -0.4 is 0 Å². The van der Waals surface area contributed by atoms with Crippen molar-refractivity contribution in [2.75, 3.05) is 6.16 Å². The van der Waals surface area contributed by atoms with E-state index in [1.807, 2.05) is 24.3 Å². The minimum Gasteiger partial charge on any atom is -0.222 e. The molecule has 0 amide bonds. The second kappa shape index (κ2) is 7.57. The van der Waals surface area contributed by atoms with Crippen molar-refractivity contribution < 1.29 is 0 Å². The summed E-state index contributed by atoms with van der Waals surface area (Å²) in [5.41, 5.74) is 8.11. The van der Waals surface area contributed by atoms with Crippen LogP contribution in [0.5, 0.6) is 0 Å². The standard InChI is InChI=1S/C21H16P/c1-3-11-19(12-4-1)21(20-13-5-2-6-14-20)15-16-22-17-18-9-7-8-10-18/h1-9,11-15H,17H2/q-1. The van der Waals surface area contributed by atoms with E-state index < -0.39 is 0 Å². The van der Waals surface area contributed by atoms with Gasteiger partial charge >= 0.3 is 0 Å². The lowest BCUT2D eigenvalue weighted by Crippen LogP contribution is -1.87. The molecule has 0 N–H and O–H groups in total. The highest BCUT2D eigenvalue weighted by atomic mass is 31.1. The third-order valence-corrected chi connectivity index (χ3v) is 4.19. The number of hydrogen-bond acceptors (Lipinski definition) is 0. The van der Waals surface area contributed by atoms with Gasteiger partial charge in [-0.2, -0.15) is 5.57 Å². The Morgan fingerprint density at radius 1 is 0.955 bits per heavy atom. The Kier molecular flexibility index (Phi) is 5.00. The van der Waals surface area contributed by atoms with Crippen LogP contribution >= 0.6 is 8.20 Å². The maximum absolute atomic E-state index is 3.41. The van der Waals surface area contributed by atoms with Gasteiger partial charge < -0.3 is 0 Å². The number of hydrogen-bond donors (Lipinski definition) is 0. The third kappa shape index (κ3) is 3.83. The van der Waals surface area contributed by atoms with Crippen molar-refractivity contribution in [1.82, 2.24) is 0 Å². The first-order valence-electron chi connectivity index (χ1n) is 7.29. The lowest BCUT2D eigenvalue weighted by molar-refractivity contribution is 1.55. The average Bonchev–Trinajstić information content (AvgIpc) is 3.10. The van der Waals surface area contributed by atoms with Crippen LogP contribution in [0.4, 0.5) is 0 Å². The van der Waals surface area contributed by atoms with Crippen LogP contribution in [0.3, 0.4) is 0 Å². The zero-order valence-electron chi connectivity index (χ0n) is 12.2. The van der Waals surface area contributed by atoms with Crippen LogP contribution in [-0.4, -0.2) is 12.0 Å². The zero-order valence-corrected chi connectivity index (χ0v) is 13.1. The van der Waals surface area contributed by atoms with E-state index in [0.29, 0.717) is 0 Å². The molecule has 0 fully saturated rings. The molecule has 0 heterocycles. The quantitative estimate of drug-likeness (QED) is 0.394. The Labute approximate surface area is 133 Å². The Balaban J connectivity index is 1.85. The van der Waals surface area contributed by atoms with E-state index in [4.69, 9.17) is 0 Å². The molecule has 0 aromatic heterocycles. The summed E-state index contributed by atoms with van der Waals surface area (Å²) in [6.45, 7) is 0. The van der Waals surface area contributed by atoms with Gasteiger partial charge in [-0.1, -0.05) is 83.9 Å². The molecule has 1 aliphatic rings. The first-order valence-corrected chi connectivity index (χ1v) is 8.37. The zero-order chi connectivity index (χ0) is 15.0. The van der Waals surface area contributed by atoms with Crippen molar-refractivity contribution in [1.29, 1.82) is 0 Å². The molecule has 1 aliphatic carbocycles. The van der Waals surface area contributed by atoms with E-state index in [1.165, 1.54) is 22.3 Å². The van der Waals surface area contributed by atoms with Crippen LogP contribution in [-0.2, 0) is 0 Å². The molecule has 2 aromatic rings. The summed E-state index contributed by atoms with van der Waals surface area (Å²) < 4.78 is 0. The molecule has 0 nitrogen and oxygen atoms in total. The smallest absolute Gasteiger partial charge is 0.00411 e. The first-order chi connectivity index (χ1) is 10.9. The van der Waals surface area contributed by atoms with Crippen LogP contribution in [0.25, 0.3) is 5.57 Å². The highest BCUT2D eigenvalue weighted by Gasteiger charge is 1.94. The van der Waals surface area contributed by atoms with Gasteiger partial charge in [0.1, 0.15) is 0 Å². The van der Waals surface area contributed by atoms with Gasteiger partial charge in [0.25, 0.3) is 0 Å². The third-order valence-electron chi connectivity index (χ3n) is 3.38. The van der Waals surface area contributed by atoms with Crippen molar-refractivity contribution in [3.63, 3.8) is 0 Å². The maximum atomic E-state index is 3.41. The summed E-state index contributed by atoms with van der Waals surface area (Å²) in [6.07, 6.45) is 9.16. The maximum Gasteiger partial charge on any atom is 0.00411 e. The second-order valence-electron chi connectivity index (χ2n) is 4.93. The van der Waals surface area contributed by atoms with Gasteiger partial charge in [-0.3, -0.25) is 0 Å².